The molecule has 0 atom stereocenters. The number of hydrogen-bond donors (Lipinski definition) is 0. The highest BCUT2D eigenvalue weighted by molar-refractivity contribution is 6.70. The quantitative estimate of drug-likeness (QED) is 0.582. The van der Waals surface area contributed by atoms with E-state index in [1.165, 1.54) is 5.56 Å². The van der Waals surface area contributed by atoms with E-state index in [0.29, 0.717) is 0 Å². The molecule has 0 aliphatic heterocycles. The van der Waals surface area contributed by atoms with Gasteiger partial charge in [0.1, 0.15) is 11.3 Å². The Balaban J connectivity index is 1.97. The van der Waals surface area contributed by atoms with Crippen molar-refractivity contribution in [3.63, 3.8) is 0 Å². The molecule has 0 bridgehead atoms. The lowest BCUT2D eigenvalue weighted by Gasteiger charge is -2.20. The van der Waals surface area contributed by atoms with Crippen molar-refractivity contribution in [2.75, 3.05) is 0 Å². The first kappa shape index (κ1) is 15.5. The number of fused-ring (bicyclic) bond motifs is 1. The third kappa shape index (κ3) is 4.08. The fourth-order valence-corrected chi connectivity index (χ4v) is 3.21. The zero-order valence-electron chi connectivity index (χ0n) is 13.8. The molecule has 0 unspecified atom stereocenters. The summed E-state index contributed by atoms with van der Waals surface area (Å²) in [5, 5.41) is 1.11. The van der Waals surface area contributed by atoms with Crippen molar-refractivity contribution in [1.82, 2.24) is 4.98 Å². The van der Waals surface area contributed by atoms with E-state index < -0.39 is 8.32 Å². The van der Waals surface area contributed by atoms with E-state index in [0.717, 1.165) is 22.3 Å². The van der Waals surface area contributed by atoms with E-state index in [4.69, 9.17) is 9.41 Å². The Morgan fingerprint density at radius 1 is 0.826 bits per heavy atom. The van der Waals surface area contributed by atoms with Crippen molar-refractivity contribution in [1.29, 1.82) is 0 Å². The molecule has 23 heavy (non-hydrogen) atoms. The molecule has 3 heteroatoms. The molecule has 116 valence electrons. The first-order chi connectivity index (χ1) is 11.0. The number of nitrogens with zero attached hydrogens (tertiary/aromatic N) is 1. The molecule has 0 aliphatic rings. The van der Waals surface area contributed by atoms with Crippen LogP contribution < -0.4 is 4.43 Å². The molecular weight excluding hydrogens is 298 g/mol. The van der Waals surface area contributed by atoms with Crippen LogP contribution in [-0.2, 0) is 0 Å². The van der Waals surface area contributed by atoms with Gasteiger partial charge in [-0.3, -0.25) is 0 Å². The van der Waals surface area contributed by atoms with Crippen molar-refractivity contribution >= 4 is 31.4 Å². The summed E-state index contributed by atoms with van der Waals surface area (Å²) >= 11 is 0. The molecule has 0 radical (unpaired) electrons. The summed E-state index contributed by atoms with van der Waals surface area (Å²) in [5.41, 5.74) is 3.04. The number of pyridine rings is 1. The van der Waals surface area contributed by atoms with E-state index in [9.17, 15) is 0 Å². The maximum Gasteiger partial charge on any atom is 0.242 e. The van der Waals surface area contributed by atoms with Gasteiger partial charge in [0.15, 0.2) is 0 Å². The van der Waals surface area contributed by atoms with Crippen molar-refractivity contribution in [2.45, 2.75) is 19.6 Å². The zero-order valence-corrected chi connectivity index (χ0v) is 14.8. The van der Waals surface area contributed by atoms with Gasteiger partial charge in [-0.15, -0.1) is 0 Å². The van der Waals surface area contributed by atoms with Crippen molar-refractivity contribution in [2.24, 2.45) is 0 Å². The molecule has 1 heterocycles. The van der Waals surface area contributed by atoms with E-state index in [1.807, 2.05) is 42.5 Å². The second-order valence-electron chi connectivity index (χ2n) is 6.52. The molecule has 0 N–H and O–H groups in total. The monoisotopic (exact) mass is 319 g/mol. The SMILES string of the molecule is C[Si](C)(C)Oc1cccc2ccc(/C=C/c3ccccc3)nc12. The average Bonchev–Trinajstić information content (AvgIpc) is 2.53. The third-order valence-electron chi connectivity index (χ3n) is 3.37. The lowest BCUT2D eigenvalue weighted by molar-refractivity contribution is 0.562. The molecule has 0 amide bonds. The van der Waals surface area contributed by atoms with Gasteiger partial charge in [0.2, 0.25) is 8.32 Å². The van der Waals surface area contributed by atoms with Crippen LogP contribution in [0.4, 0.5) is 0 Å². The molecule has 3 aromatic rings. The number of para-hydroxylation sites is 1. The summed E-state index contributed by atoms with van der Waals surface area (Å²) in [5.74, 6) is 0.886. The van der Waals surface area contributed by atoms with Gasteiger partial charge in [0, 0.05) is 5.39 Å². The first-order valence-corrected chi connectivity index (χ1v) is 11.2. The molecule has 2 aromatic carbocycles. The van der Waals surface area contributed by atoms with E-state index in [2.05, 4.69) is 50.0 Å². The molecular formula is C20H21NOSi. The van der Waals surface area contributed by atoms with Gasteiger partial charge in [-0.25, -0.2) is 4.98 Å². The van der Waals surface area contributed by atoms with E-state index >= 15 is 0 Å². The molecule has 0 fully saturated rings. The van der Waals surface area contributed by atoms with Crippen LogP contribution >= 0.6 is 0 Å². The normalized spacial score (nSPS) is 12.0. The van der Waals surface area contributed by atoms with Gasteiger partial charge >= 0.3 is 0 Å². The number of rotatable bonds is 4. The summed E-state index contributed by atoms with van der Waals surface area (Å²) in [4.78, 5) is 4.78. The number of benzene rings is 2. The summed E-state index contributed by atoms with van der Waals surface area (Å²) in [6.07, 6.45) is 4.12. The minimum absolute atomic E-state index is 0.886. The number of hydrogen-bond acceptors (Lipinski definition) is 2. The zero-order chi connectivity index (χ0) is 16.3. The fourth-order valence-electron chi connectivity index (χ4n) is 2.39. The molecule has 3 rings (SSSR count). The highest BCUT2D eigenvalue weighted by Crippen LogP contribution is 2.26. The van der Waals surface area contributed by atoms with Gasteiger partial charge in [0.05, 0.1) is 5.69 Å². The molecule has 1 aromatic heterocycles. The topological polar surface area (TPSA) is 22.1 Å². The molecule has 0 saturated heterocycles. The van der Waals surface area contributed by atoms with Crippen LogP contribution in [0, 0.1) is 0 Å². The van der Waals surface area contributed by atoms with Crippen molar-refractivity contribution < 1.29 is 4.43 Å². The van der Waals surface area contributed by atoms with Gasteiger partial charge < -0.3 is 4.43 Å². The number of aromatic nitrogens is 1. The van der Waals surface area contributed by atoms with Crippen LogP contribution in [0.1, 0.15) is 11.3 Å². The van der Waals surface area contributed by atoms with Crippen LogP contribution in [0.25, 0.3) is 23.1 Å². The highest BCUT2D eigenvalue weighted by Gasteiger charge is 2.18. The Hall–Kier alpha value is -2.39. The average molecular weight is 319 g/mol. The largest absolute Gasteiger partial charge is 0.543 e. The van der Waals surface area contributed by atoms with Gasteiger partial charge in [-0.1, -0.05) is 54.6 Å². The second kappa shape index (κ2) is 6.38. The summed E-state index contributed by atoms with van der Waals surface area (Å²) < 4.78 is 6.19. The van der Waals surface area contributed by atoms with Crippen LogP contribution in [0.15, 0.2) is 60.7 Å². The van der Waals surface area contributed by atoms with Crippen LogP contribution in [0.5, 0.6) is 5.75 Å². The minimum Gasteiger partial charge on any atom is -0.543 e. The van der Waals surface area contributed by atoms with Crippen LogP contribution in [0.2, 0.25) is 19.6 Å². The lowest BCUT2D eigenvalue weighted by atomic mass is 10.1. The Labute approximate surface area is 138 Å². The van der Waals surface area contributed by atoms with Gasteiger partial charge in [-0.05, 0) is 43.4 Å². The predicted molar refractivity (Wildman–Crippen MR) is 101 cm³/mol. The Kier molecular flexibility index (Phi) is 4.30. The second-order valence-corrected chi connectivity index (χ2v) is 11.0. The lowest BCUT2D eigenvalue weighted by Crippen LogP contribution is -2.29. The maximum atomic E-state index is 6.19. The van der Waals surface area contributed by atoms with Crippen molar-refractivity contribution in [3.05, 3.63) is 71.9 Å². The molecule has 0 aliphatic carbocycles. The van der Waals surface area contributed by atoms with Crippen molar-refractivity contribution in [3.8, 4) is 5.75 Å². The standard InChI is InChI=1S/C20H21NOSi/c1-23(2,3)22-19-11-7-10-17-13-15-18(21-20(17)19)14-12-16-8-5-4-6-9-16/h4-15H,1-3H3/b14-12+. The Morgan fingerprint density at radius 2 is 1.61 bits per heavy atom. The molecule has 0 spiro atoms. The summed E-state index contributed by atoms with van der Waals surface area (Å²) in [6.45, 7) is 6.56. The van der Waals surface area contributed by atoms with Gasteiger partial charge in [0.25, 0.3) is 0 Å². The van der Waals surface area contributed by atoms with E-state index in [1.54, 1.807) is 0 Å². The Bertz CT molecular complexity index is 835. The summed E-state index contributed by atoms with van der Waals surface area (Å²) in [6, 6.07) is 20.5. The third-order valence-corrected chi connectivity index (χ3v) is 4.20. The predicted octanol–water partition coefficient (Wildman–Crippen LogP) is 5.62. The fraction of sp³-hybridized carbons (Fsp3) is 0.150. The maximum absolute atomic E-state index is 6.19. The summed E-state index contributed by atoms with van der Waals surface area (Å²) in [7, 11) is -1.66. The van der Waals surface area contributed by atoms with Gasteiger partial charge in [-0.2, -0.15) is 0 Å². The van der Waals surface area contributed by atoms with E-state index in [-0.39, 0.29) is 0 Å². The smallest absolute Gasteiger partial charge is 0.242 e. The van der Waals surface area contributed by atoms with Crippen LogP contribution in [-0.4, -0.2) is 13.3 Å². The van der Waals surface area contributed by atoms with Crippen LogP contribution in [0.3, 0.4) is 0 Å². The highest BCUT2D eigenvalue weighted by atomic mass is 28.4. The molecule has 2 nitrogen and oxygen atoms in total. The minimum atomic E-state index is -1.66. The molecule has 0 saturated carbocycles. The first-order valence-electron chi connectivity index (χ1n) is 7.83. The Morgan fingerprint density at radius 3 is 2.35 bits per heavy atom.